The summed E-state index contributed by atoms with van der Waals surface area (Å²) in [5, 5.41) is 0. The second-order valence-corrected chi connectivity index (χ2v) is 5.56. The summed E-state index contributed by atoms with van der Waals surface area (Å²) >= 11 is 0. The normalized spacial score (nSPS) is 25.3. The van der Waals surface area contributed by atoms with Crippen molar-refractivity contribution < 1.29 is 9.53 Å². The van der Waals surface area contributed by atoms with Crippen LogP contribution in [0.2, 0.25) is 0 Å². The molecular weight excluding hydrogens is 226 g/mol. The molecule has 0 saturated carbocycles. The average Bonchev–Trinajstić information content (AvgIpc) is 2.34. The average molecular weight is 247 g/mol. The van der Waals surface area contributed by atoms with Crippen LogP contribution in [0.5, 0.6) is 0 Å². The van der Waals surface area contributed by atoms with Gasteiger partial charge in [0.05, 0.1) is 12.5 Å². The molecule has 0 aromatic heterocycles. The molecule has 1 aromatic carbocycles. The Morgan fingerprint density at radius 1 is 1.44 bits per heavy atom. The lowest BCUT2D eigenvalue weighted by Crippen LogP contribution is -2.40. The molecule has 0 spiro atoms. The first-order chi connectivity index (χ1) is 8.47. The van der Waals surface area contributed by atoms with E-state index in [1.165, 1.54) is 5.56 Å². The fourth-order valence-corrected chi connectivity index (χ4v) is 2.89. The minimum Gasteiger partial charge on any atom is -0.466 e. The summed E-state index contributed by atoms with van der Waals surface area (Å²) in [6.07, 6.45) is 0.740. The lowest BCUT2D eigenvalue weighted by molar-refractivity contribution is -0.150. The van der Waals surface area contributed by atoms with Crippen LogP contribution in [0.25, 0.3) is 0 Å². The monoisotopic (exact) mass is 247 g/mol. The second kappa shape index (κ2) is 4.73. The van der Waals surface area contributed by atoms with Crippen LogP contribution < -0.4 is 5.73 Å². The van der Waals surface area contributed by atoms with Crippen molar-refractivity contribution in [1.82, 2.24) is 0 Å². The van der Waals surface area contributed by atoms with E-state index in [4.69, 9.17) is 10.5 Å². The molecule has 98 valence electrons. The maximum Gasteiger partial charge on any atom is 0.310 e. The summed E-state index contributed by atoms with van der Waals surface area (Å²) in [7, 11) is 0. The number of ether oxygens (including phenoxy) is 1. The zero-order valence-corrected chi connectivity index (χ0v) is 11.3. The second-order valence-electron chi connectivity index (χ2n) is 5.56. The van der Waals surface area contributed by atoms with Crippen LogP contribution in [0.15, 0.2) is 24.3 Å². The maximum atomic E-state index is 12.0. The Bertz CT molecular complexity index is 454. The molecule has 1 aliphatic carbocycles. The van der Waals surface area contributed by atoms with Gasteiger partial charge in [-0.1, -0.05) is 38.1 Å². The highest BCUT2D eigenvalue weighted by Crippen LogP contribution is 2.44. The number of hydrogen-bond donors (Lipinski definition) is 1. The van der Waals surface area contributed by atoms with E-state index in [0.29, 0.717) is 6.61 Å². The van der Waals surface area contributed by atoms with Gasteiger partial charge in [0.1, 0.15) is 0 Å². The fraction of sp³-hybridized carbons (Fsp3) is 0.533. The van der Waals surface area contributed by atoms with E-state index < -0.39 is 0 Å². The highest BCUT2D eigenvalue weighted by Gasteiger charge is 2.41. The van der Waals surface area contributed by atoms with Gasteiger partial charge >= 0.3 is 5.97 Å². The minimum atomic E-state index is -0.256. The molecule has 0 bridgehead atoms. The van der Waals surface area contributed by atoms with E-state index in [2.05, 4.69) is 19.9 Å². The summed E-state index contributed by atoms with van der Waals surface area (Å²) in [4.78, 5) is 12.0. The Balaban J connectivity index is 2.39. The first kappa shape index (κ1) is 13.1. The van der Waals surface area contributed by atoms with Gasteiger partial charge in [-0.3, -0.25) is 4.79 Å². The van der Waals surface area contributed by atoms with Crippen LogP contribution in [-0.2, 0) is 14.9 Å². The predicted octanol–water partition coefficient (Wildman–Crippen LogP) is 2.55. The van der Waals surface area contributed by atoms with Gasteiger partial charge in [0.15, 0.2) is 0 Å². The number of nitrogens with two attached hydrogens (primary N) is 1. The van der Waals surface area contributed by atoms with E-state index in [1.807, 2.05) is 25.1 Å². The Morgan fingerprint density at radius 2 is 2.11 bits per heavy atom. The van der Waals surface area contributed by atoms with Crippen LogP contribution >= 0.6 is 0 Å². The predicted molar refractivity (Wildman–Crippen MR) is 71.1 cm³/mol. The number of benzene rings is 1. The molecular formula is C15H21NO2. The van der Waals surface area contributed by atoms with Gasteiger partial charge < -0.3 is 10.5 Å². The molecule has 0 fully saturated rings. The molecule has 0 aliphatic heterocycles. The van der Waals surface area contributed by atoms with Crippen molar-refractivity contribution in [2.75, 3.05) is 6.61 Å². The molecule has 2 N–H and O–H groups in total. The molecule has 1 aliphatic rings. The van der Waals surface area contributed by atoms with Crippen molar-refractivity contribution in [2.45, 2.75) is 38.6 Å². The molecule has 0 heterocycles. The molecule has 0 radical (unpaired) electrons. The summed E-state index contributed by atoms with van der Waals surface area (Å²) < 4.78 is 5.14. The quantitative estimate of drug-likeness (QED) is 0.817. The molecule has 2 rings (SSSR count). The van der Waals surface area contributed by atoms with E-state index >= 15 is 0 Å². The van der Waals surface area contributed by atoms with Gasteiger partial charge in [0.2, 0.25) is 0 Å². The van der Waals surface area contributed by atoms with Gasteiger partial charge in [-0.05, 0) is 29.9 Å². The van der Waals surface area contributed by atoms with Gasteiger partial charge in [0.25, 0.3) is 0 Å². The van der Waals surface area contributed by atoms with Crippen molar-refractivity contribution in [1.29, 1.82) is 0 Å². The highest BCUT2D eigenvalue weighted by atomic mass is 16.5. The number of rotatable bonds is 2. The third kappa shape index (κ3) is 2.15. The van der Waals surface area contributed by atoms with Crippen LogP contribution in [0, 0.1) is 5.92 Å². The van der Waals surface area contributed by atoms with Gasteiger partial charge in [-0.25, -0.2) is 0 Å². The van der Waals surface area contributed by atoms with Crippen molar-refractivity contribution in [3.63, 3.8) is 0 Å². The summed E-state index contributed by atoms with van der Waals surface area (Å²) in [5.74, 6) is -0.414. The van der Waals surface area contributed by atoms with Gasteiger partial charge in [-0.15, -0.1) is 0 Å². The van der Waals surface area contributed by atoms with E-state index in [0.717, 1.165) is 12.0 Å². The lowest BCUT2D eigenvalue weighted by atomic mass is 9.66. The minimum absolute atomic E-state index is 0.0378. The Kier molecular flexibility index (Phi) is 3.44. The third-order valence-electron chi connectivity index (χ3n) is 3.80. The fourth-order valence-electron chi connectivity index (χ4n) is 2.89. The van der Waals surface area contributed by atoms with Crippen LogP contribution in [-0.4, -0.2) is 12.6 Å². The largest absolute Gasteiger partial charge is 0.466 e. The SMILES string of the molecule is CCOC(=O)[C@H]1CC(C)(C)c2ccccc2[C@H]1N. The van der Waals surface area contributed by atoms with Crippen molar-refractivity contribution in [3.8, 4) is 0 Å². The summed E-state index contributed by atoms with van der Waals surface area (Å²) in [6, 6.07) is 7.87. The Morgan fingerprint density at radius 3 is 2.78 bits per heavy atom. The summed E-state index contributed by atoms with van der Waals surface area (Å²) in [6.45, 7) is 6.54. The molecule has 3 nitrogen and oxygen atoms in total. The maximum absolute atomic E-state index is 12.0. The number of carbonyl (C=O) groups is 1. The van der Waals surface area contributed by atoms with Crippen LogP contribution in [0.4, 0.5) is 0 Å². The van der Waals surface area contributed by atoms with Crippen molar-refractivity contribution in [3.05, 3.63) is 35.4 Å². The van der Waals surface area contributed by atoms with E-state index in [9.17, 15) is 4.79 Å². The van der Waals surface area contributed by atoms with E-state index in [1.54, 1.807) is 0 Å². The lowest BCUT2D eigenvalue weighted by Gasteiger charge is -2.40. The van der Waals surface area contributed by atoms with E-state index in [-0.39, 0.29) is 23.3 Å². The Labute approximate surface area is 108 Å². The number of esters is 1. The zero-order chi connectivity index (χ0) is 13.3. The topological polar surface area (TPSA) is 52.3 Å². The van der Waals surface area contributed by atoms with Crippen LogP contribution in [0.1, 0.15) is 44.4 Å². The van der Waals surface area contributed by atoms with Gasteiger partial charge in [0, 0.05) is 6.04 Å². The molecule has 0 saturated heterocycles. The molecule has 3 heteroatoms. The molecule has 2 atom stereocenters. The number of fused-ring (bicyclic) bond motifs is 1. The van der Waals surface area contributed by atoms with Gasteiger partial charge in [-0.2, -0.15) is 0 Å². The first-order valence-electron chi connectivity index (χ1n) is 6.49. The standard InChI is InChI=1S/C15H21NO2/c1-4-18-14(17)11-9-15(2,3)12-8-6-5-7-10(12)13(11)16/h5-8,11,13H,4,9,16H2,1-3H3/t11-,13+/m0/s1. The third-order valence-corrected chi connectivity index (χ3v) is 3.80. The zero-order valence-electron chi connectivity index (χ0n) is 11.3. The van der Waals surface area contributed by atoms with Crippen molar-refractivity contribution >= 4 is 5.97 Å². The van der Waals surface area contributed by atoms with Crippen molar-refractivity contribution in [2.24, 2.45) is 11.7 Å². The smallest absolute Gasteiger partial charge is 0.310 e. The molecule has 0 unspecified atom stereocenters. The Hall–Kier alpha value is -1.35. The first-order valence-corrected chi connectivity index (χ1v) is 6.49. The molecule has 18 heavy (non-hydrogen) atoms. The number of carbonyl (C=O) groups excluding carboxylic acids is 1. The summed E-state index contributed by atoms with van der Waals surface area (Å²) in [5.41, 5.74) is 8.53. The molecule has 0 amide bonds. The number of hydrogen-bond acceptors (Lipinski definition) is 3. The molecule has 1 aromatic rings. The van der Waals surface area contributed by atoms with Crippen LogP contribution in [0.3, 0.4) is 0 Å². The highest BCUT2D eigenvalue weighted by molar-refractivity contribution is 5.74.